The van der Waals surface area contributed by atoms with Gasteiger partial charge in [0.2, 0.25) is 5.78 Å². The molecule has 1 aliphatic rings. The van der Waals surface area contributed by atoms with Crippen molar-refractivity contribution < 1.29 is 13.2 Å². The van der Waals surface area contributed by atoms with E-state index < -0.39 is 10.0 Å². The van der Waals surface area contributed by atoms with Crippen molar-refractivity contribution in [2.75, 3.05) is 19.0 Å². The lowest BCUT2D eigenvalue weighted by Gasteiger charge is -2.31. The van der Waals surface area contributed by atoms with Gasteiger partial charge >= 0.3 is 0 Å². The minimum Gasteiger partial charge on any atom is -0.378 e. The first-order chi connectivity index (χ1) is 14.4. The monoisotopic (exact) mass is 418 g/mol. The van der Waals surface area contributed by atoms with Crippen molar-refractivity contribution in [1.82, 2.24) is 4.31 Å². The van der Waals surface area contributed by atoms with E-state index >= 15 is 0 Å². The Morgan fingerprint density at radius 1 is 0.867 bits per heavy atom. The van der Waals surface area contributed by atoms with Gasteiger partial charge in [-0.1, -0.05) is 54.6 Å². The normalized spacial score (nSPS) is 16.4. The van der Waals surface area contributed by atoms with Crippen LogP contribution in [0.4, 0.5) is 5.69 Å². The molecule has 3 aromatic carbocycles. The average Bonchev–Trinajstić information content (AvgIpc) is 2.76. The zero-order valence-electron chi connectivity index (χ0n) is 16.8. The number of hydrogen-bond donors (Lipinski definition) is 0. The first-order valence-electron chi connectivity index (χ1n) is 9.57. The molecule has 0 bridgehead atoms. The van der Waals surface area contributed by atoms with E-state index in [9.17, 15) is 13.2 Å². The lowest BCUT2D eigenvalue weighted by molar-refractivity contribution is 0.100. The van der Waals surface area contributed by atoms with Gasteiger partial charge in [0, 0.05) is 25.3 Å². The summed E-state index contributed by atoms with van der Waals surface area (Å²) in [6, 6.07) is 23.3. The zero-order chi connectivity index (χ0) is 21.3. The van der Waals surface area contributed by atoms with Crippen LogP contribution in [0.3, 0.4) is 0 Å². The maximum Gasteiger partial charge on any atom is 0.265 e. The van der Waals surface area contributed by atoms with E-state index in [1.165, 1.54) is 10.4 Å². The Balaban J connectivity index is 1.85. The Kier molecular flexibility index (Phi) is 5.18. The molecule has 0 saturated carbocycles. The quantitative estimate of drug-likeness (QED) is 0.597. The van der Waals surface area contributed by atoms with Crippen LogP contribution < -0.4 is 4.90 Å². The molecule has 0 N–H and O–H groups in total. The summed E-state index contributed by atoms with van der Waals surface area (Å²) < 4.78 is 28.1. The number of fused-ring (bicyclic) bond motifs is 1. The highest BCUT2D eigenvalue weighted by Crippen LogP contribution is 2.34. The molecule has 0 aromatic heterocycles. The minimum absolute atomic E-state index is 0.0473. The van der Waals surface area contributed by atoms with Crippen molar-refractivity contribution in [3.63, 3.8) is 0 Å². The molecule has 152 valence electrons. The van der Waals surface area contributed by atoms with E-state index in [0.717, 1.165) is 16.8 Å². The van der Waals surface area contributed by atoms with Gasteiger partial charge in [0.05, 0.1) is 11.4 Å². The van der Waals surface area contributed by atoms with E-state index in [1.54, 1.807) is 24.3 Å². The van der Waals surface area contributed by atoms with Gasteiger partial charge in [-0.25, -0.2) is 8.42 Å². The third-order valence-electron chi connectivity index (χ3n) is 5.08. The van der Waals surface area contributed by atoms with Gasteiger partial charge in [-0.05, 0) is 41.5 Å². The van der Waals surface area contributed by atoms with Crippen molar-refractivity contribution in [3.8, 4) is 0 Å². The second kappa shape index (κ2) is 7.80. The molecule has 0 unspecified atom stereocenters. The summed E-state index contributed by atoms with van der Waals surface area (Å²) in [6.07, 6.45) is 1.65. The average molecular weight is 419 g/mol. The van der Waals surface area contributed by atoms with Crippen LogP contribution in [0.25, 0.3) is 6.08 Å². The van der Waals surface area contributed by atoms with Crippen LogP contribution >= 0.6 is 0 Å². The van der Waals surface area contributed by atoms with Crippen molar-refractivity contribution in [3.05, 3.63) is 101 Å². The number of ketones is 1. The number of carbonyl (C=O) groups is 1. The molecule has 0 amide bonds. The fraction of sp³-hybridized carbons (Fsp3) is 0.125. The van der Waals surface area contributed by atoms with E-state index in [2.05, 4.69) is 0 Å². The Bertz CT molecular complexity index is 1210. The first kappa shape index (κ1) is 19.9. The number of anilines is 1. The Morgan fingerprint density at radius 3 is 2.17 bits per heavy atom. The van der Waals surface area contributed by atoms with E-state index in [0.29, 0.717) is 0 Å². The highest BCUT2D eigenvalue weighted by atomic mass is 32.2. The van der Waals surface area contributed by atoms with E-state index in [-0.39, 0.29) is 28.5 Å². The molecule has 0 spiro atoms. The summed E-state index contributed by atoms with van der Waals surface area (Å²) in [7, 11) is 0.0265. The predicted molar refractivity (Wildman–Crippen MR) is 119 cm³/mol. The van der Waals surface area contributed by atoms with Crippen molar-refractivity contribution in [1.29, 1.82) is 0 Å². The van der Waals surface area contributed by atoms with E-state index in [4.69, 9.17) is 0 Å². The number of sulfonamides is 1. The number of Topliss-reactive ketones (excluding diaryl/α,β-unsaturated/α-hetero) is 1. The van der Waals surface area contributed by atoms with Crippen LogP contribution in [0.2, 0.25) is 0 Å². The van der Waals surface area contributed by atoms with Gasteiger partial charge in [-0.15, -0.1) is 0 Å². The minimum atomic E-state index is -3.87. The van der Waals surface area contributed by atoms with Gasteiger partial charge in [-0.3, -0.25) is 9.10 Å². The molecule has 0 saturated heterocycles. The van der Waals surface area contributed by atoms with Crippen LogP contribution in [-0.2, 0) is 16.6 Å². The maximum absolute atomic E-state index is 13.4. The fourth-order valence-electron chi connectivity index (χ4n) is 3.46. The summed E-state index contributed by atoms with van der Waals surface area (Å²) in [4.78, 5) is 15.3. The van der Waals surface area contributed by atoms with Gasteiger partial charge in [0.1, 0.15) is 5.70 Å². The summed E-state index contributed by atoms with van der Waals surface area (Å²) in [5.74, 6) is -0.298. The molecule has 0 aliphatic carbocycles. The summed E-state index contributed by atoms with van der Waals surface area (Å²) in [5, 5.41) is 0. The van der Waals surface area contributed by atoms with Gasteiger partial charge < -0.3 is 4.90 Å². The van der Waals surface area contributed by atoms with Gasteiger partial charge in [0.25, 0.3) is 10.0 Å². The fourth-order valence-corrected chi connectivity index (χ4v) is 5.10. The molecule has 3 aromatic rings. The smallest absolute Gasteiger partial charge is 0.265 e. The number of nitrogens with zero attached hydrogens (tertiary/aromatic N) is 2. The first-order valence-corrected chi connectivity index (χ1v) is 11.0. The summed E-state index contributed by atoms with van der Waals surface area (Å²) in [5.41, 5.74) is 2.94. The molecule has 0 radical (unpaired) electrons. The number of carbonyl (C=O) groups excluding carboxylic acids is 1. The molecule has 0 fully saturated rings. The van der Waals surface area contributed by atoms with Gasteiger partial charge in [-0.2, -0.15) is 0 Å². The molecular formula is C24H22N2O3S. The van der Waals surface area contributed by atoms with Crippen LogP contribution in [-0.4, -0.2) is 32.6 Å². The van der Waals surface area contributed by atoms with Crippen molar-refractivity contribution in [2.45, 2.75) is 11.4 Å². The molecule has 30 heavy (non-hydrogen) atoms. The standard InChI is InChI=1S/C24H22N2O3S/c1-25(2)20-14-12-18(13-15-20)16-22-24(27)21-10-6-7-11-23(21)30(28,29)26(22)17-19-8-4-3-5-9-19/h3-16H,17H2,1-2H3. The molecule has 5 nitrogen and oxygen atoms in total. The second-order valence-corrected chi connectivity index (χ2v) is 9.17. The Labute approximate surface area is 176 Å². The second-order valence-electron chi connectivity index (χ2n) is 7.34. The van der Waals surface area contributed by atoms with Crippen LogP contribution in [0.1, 0.15) is 21.5 Å². The molecule has 4 rings (SSSR count). The third kappa shape index (κ3) is 3.62. The lowest BCUT2D eigenvalue weighted by atomic mass is 10.0. The van der Waals surface area contributed by atoms with Crippen LogP contribution in [0.5, 0.6) is 0 Å². The largest absolute Gasteiger partial charge is 0.378 e. The highest BCUT2D eigenvalue weighted by Gasteiger charge is 2.39. The summed E-state index contributed by atoms with van der Waals surface area (Å²) >= 11 is 0. The number of hydrogen-bond acceptors (Lipinski definition) is 4. The molecule has 0 atom stereocenters. The van der Waals surface area contributed by atoms with Crippen molar-refractivity contribution in [2.24, 2.45) is 0 Å². The number of rotatable bonds is 4. The SMILES string of the molecule is CN(C)c1ccc(C=C2C(=O)c3ccccc3S(=O)(=O)N2Cc2ccccc2)cc1. The number of allylic oxidation sites excluding steroid dienone is 1. The van der Waals surface area contributed by atoms with Crippen LogP contribution in [0.15, 0.2) is 89.5 Å². The Hall–Kier alpha value is -3.38. The highest BCUT2D eigenvalue weighted by molar-refractivity contribution is 7.89. The van der Waals surface area contributed by atoms with Crippen LogP contribution in [0, 0.1) is 0 Å². The molecular weight excluding hydrogens is 396 g/mol. The topological polar surface area (TPSA) is 57.7 Å². The maximum atomic E-state index is 13.4. The van der Waals surface area contributed by atoms with Gasteiger partial charge in [0.15, 0.2) is 0 Å². The zero-order valence-corrected chi connectivity index (χ0v) is 17.6. The van der Waals surface area contributed by atoms with E-state index in [1.807, 2.05) is 73.6 Å². The lowest BCUT2D eigenvalue weighted by Crippen LogP contribution is -2.38. The molecule has 1 heterocycles. The summed E-state index contributed by atoms with van der Waals surface area (Å²) in [6.45, 7) is 0.0882. The predicted octanol–water partition coefficient (Wildman–Crippen LogP) is 4.18. The Morgan fingerprint density at radius 2 is 1.50 bits per heavy atom. The molecule has 1 aliphatic heterocycles. The number of benzene rings is 3. The van der Waals surface area contributed by atoms with Crippen molar-refractivity contribution >= 4 is 27.6 Å². The third-order valence-corrected chi connectivity index (χ3v) is 6.90. The molecule has 6 heteroatoms.